The number of fused-ring (bicyclic) bond motifs is 2. The fourth-order valence-corrected chi connectivity index (χ4v) is 11.7. The highest BCUT2D eigenvalue weighted by atomic mass is 32.2. The Hall–Kier alpha value is -5.71. The molecule has 4 amide bonds. The SMILES string of the molecule is O=C(Nc1ccc(C(=O)N=C2C=C(S(=O)(=O)O)CC3=CC(S(=O)(=O)O)=CC(S(=O)(=O)O)C32)cc1)Nc1ccc(C(=O)N=C2C=C(S(=O)(=O)O)CC3=CC(S(=O)(=O)O)=CC(S(=O)(=O)O)C32)cc1. The smallest absolute Gasteiger partial charge is 0.308 e. The van der Waals surface area contributed by atoms with Crippen LogP contribution < -0.4 is 10.6 Å². The van der Waals surface area contributed by atoms with E-state index in [0.717, 1.165) is 24.3 Å². The topological polar surface area (TPSA) is 426 Å². The van der Waals surface area contributed by atoms with E-state index in [1.54, 1.807) is 0 Å². The van der Waals surface area contributed by atoms with Crippen molar-refractivity contribution in [2.24, 2.45) is 21.8 Å². The van der Waals surface area contributed by atoms with E-state index in [1.807, 2.05) is 0 Å². The quantitative estimate of drug-likeness (QED) is 0.158. The number of rotatable bonds is 10. The lowest BCUT2D eigenvalue weighted by Crippen LogP contribution is -2.39. The molecule has 0 aromatic heterocycles. The monoisotopic (exact) mass is 1030 g/mol. The van der Waals surface area contributed by atoms with Gasteiger partial charge in [0, 0.05) is 47.2 Å². The summed E-state index contributed by atoms with van der Waals surface area (Å²) in [6.07, 6.45) is 2.10. The first-order chi connectivity index (χ1) is 30.2. The number of benzene rings is 2. The average molecular weight is 1040 g/mol. The van der Waals surface area contributed by atoms with Crippen LogP contribution in [0.15, 0.2) is 126 Å². The van der Waals surface area contributed by atoms with Crippen molar-refractivity contribution in [3.63, 3.8) is 0 Å². The van der Waals surface area contributed by atoms with Crippen LogP contribution in [0.3, 0.4) is 0 Å². The summed E-state index contributed by atoms with van der Waals surface area (Å²) in [4.78, 5) is 43.2. The number of aliphatic imine (C=N–C) groups is 2. The number of nitrogens with one attached hydrogen (secondary N) is 2. The van der Waals surface area contributed by atoms with E-state index in [0.29, 0.717) is 36.5 Å². The van der Waals surface area contributed by atoms with E-state index in [1.165, 1.54) is 24.3 Å². The van der Waals surface area contributed by atoms with Crippen molar-refractivity contribution >= 4 is 101 Å². The minimum absolute atomic E-state index is 0.0556. The normalized spacial score (nSPS) is 22.9. The number of carbonyl (C=O) groups excluding carboxylic acids is 3. The second-order valence-corrected chi connectivity index (χ2v) is 23.3. The molecule has 4 unspecified atom stereocenters. The van der Waals surface area contributed by atoms with Crippen molar-refractivity contribution in [2.45, 2.75) is 23.3 Å². The van der Waals surface area contributed by atoms with Crippen LogP contribution in [0.4, 0.5) is 16.2 Å². The van der Waals surface area contributed by atoms with Gasteiger partial charge in [-0.2, -0.15) is 50.5 Å². The summed E-state index contributed by atoms with van der Waals surface area (Å²) in [6.45, 7) is 0. The van der Waals surface area contributed by atoms with E-state index >= 15 is 0 Å². The van der Waals surface area contributed by atoms with Crippen molar-refractivity contribution < 1.29 is 92.2 Å². The predicted octanol–water partition coefficient (Wildman–Crippen LogP) is 2.01. The lowest BCUT2D eigenvalue weighted by molar-refractivity contribution is 0.0994. The summed E-state index contributed by atoms with van der Waals surface area (Å²) in [6, 6.07) is 8.43. The Bertz CT molecular complexity index is 3230. The van der Waals surface area contributed by atoms with Gasteiger partial charge in [-0.05, 0) is 85.0 Å². The number of hydrogen-bond donors (Lipinski definition) is 8. The number of anilines is 2. The fourth-order valence-electron chi connectivity index (χ4n) is 7.05. The molecule has 0 saturated heterocycles. The molecule has 31 heteroatoms. The van der Waals surface area contributed by atoms with Gasteiger partial charge in [0.1, 0.15) is 10.5 Å². The molecule has 0 heterocycles. The van der Waals surface area contributed by atoms with Gasteiger partial charge in [0.15, 0.2) is 0 Å². The molecular weight excluding hydrogens is 1000 g/mol. The molecule has 4 aliphatic carbocycles. The summed E-state index contributed by atoms with van der Waals surface area (Å²) < 4.78 is 203. The highest BCUT2D eigenvalue weighted by molar-refractivity contribution is 7.91. The second-order valence-electron chi connectivity index (χ2n) is 14.4. The molecule has 0 radical (unpaired) electrons. The Morgan fingerprint density at radius 3 is 1.06 bits per heavy atom. The van der Waals surface area contributed by atoms with Crippen molar-refractivity contribution in [1.82, 2.24) is 0 Å². The molecule has 0 bridgehead atoms. The van der Waals surface area contributed by atoms with Gasteiger partial charge in [0.25, 0.3) is 72.5 Å². The van der Waals surface area contributed by atoms with Crippen LogP contribution in [0.1, 0.15) is 33.6 Å². The molecule has 0 saturated carbocycles. The first-order valence-electron chi connectivity index (χ1n) is 17.8. The molecule has 352 valence electrons. The van der Waals surface area contributed by atoms with Gasteiger partial charge < -0.3 is 10.6 Å². The third-order valence-electron chi connectivity index (χ3n) is 9.97. The predicted molar refractivity (Wildman–Crippen MR) is 231 cm³/mol. The zero-order chi connectivity index (χ0) is 49.1. The van der Waals surface area contributed by atoms with Crippen LogP contribution in [-0.4, -0.2) is 118 Å². The van der Waals surface area contributed by atoms with E-state index in [4.69, 9.17) is 0 Å². The maximum Gasteiger partial charge on any atom is 0.323 e. The van der Waals surface area contributed by atoms with Crippen LogP contribution in [0.25, 0.3) is 0 Å². The van der Waals surface area contributed by atoms with Crippen molar-refractivity contribution in [2.75, 3.05) is 10.6 Å². The fraction of sp³-hybridized carbons (Fsp3) is 0.171. The summed E-state index contributed by atoms with van der Waals surface area (Å²) in [5, 5.41) is 0.478. The van der Waals surface area contributed by atoms with Crippen LogP contribution in [0.5, 0.6) is 0 Å². The summed E-state index contributed by atoms with van der Waals surface area (Å²) in [5.74, 6) is -5.59. The summed E-state index contributed by atoms with van der Waals surface area (Å²) in [5.41, 5.74) is -2.35. The maximum atomic E-state index is 13.3. The molecule has 6 rings (SSSR count). The molecule has 4 aliphatic rings. The average Bonchev–Trinajstić information content (AvgIpc) is 3.18. The second kappa shape index (κ2) is 17.5. The number of hydrogen-bond acceptors (Lipinski definition) is 15. The Kier molecular flexibility index (Phi) is 13.2. The van der Waals surface area contributed by atoms with Crippen LogP contribution in [0, 0.1) is 11.8 Å². The van der Waals surface area contributed by atoms with Gasteiger partial charge in [0.05, 0.1) is 31.0 Å². The van der Waals surface area contributed by atoms with Crippen LogP contribution >= 0.6 is 0 Å². The van der Waals surface area contributed by atoms with Crippen molar-refractivity contribution in [3.05, 3.63) is 127 Å². The van der Waals surface area contributed by atoms with Crippen LogP contribution in [-0.2, 0) is 60.7 Å². The Labute approximate surface area is 374 Å². The molecule has 2 aromatic rings. The molecular formula is C35H30N4O21S6. The van der Waals surface area contributed by atoms with Crippen molar-refractivity contribution in [3.8, 4) is 0 Å². The largest absolute Gasteiger partial charge is 0.323 e. The van der Waals surface area contributed by atoms with Gasteiger partial charge in [-0.15, -0.1) is 0 Å². The van der Waals surface area contributed by atoms with Gasteiger partial charge in [-0.25, -0.2) is 14.8 Å². The standard InChI is InChI=1S/C35H30N4O21S6/c40-33(38-27-13-23(61(43,44)45)9-19-11-25(63(49,50)51)15-29(31(19)27)65(55,56)57)17-1-5-21(6-2-17)36-35(42)37-22-7-3-18(4-8-22)34(41)39-28-14-24(62(46,47)48)10-20-12-26(64(52,53)54)16-30(32(20)28)66(58,59)60/h1-8,11-16,29-32H,9-10H2,(H2,36,37,42)(H,43,44,45)(H,46,47,48)(H,49,50,51)(H,52,53,54)(H,55,56,57)(H,58,59,60). The zero-order valence-corrected chi connectivity index (χ0v) is 37.4. The van der Waals surface area contributed by atoms with E-state index in [2.05, 4.69) is 20.6 Å². The molecule has 66 heavy (non-hydrogen) atoms. The highest BCUT2D eigenvalue weighted by Gasteiger charge is 2.45. The first-order valence-corrected chi connectivity index (χ1v) is 26.6. The minimum Gasteiger partial charge on any atom is -0.308 e. The van der Waals surface area contributed by atoms with Gasteiger partial charge >= 0.3 is 6.03 Å². The zero-order valence-electron chi connectivity index (χ0n) is 32.5. The number of allylic oxidation sites excluding steroid dienone is 8. The number of urea groups is 1. The molecule has 0 fully saturated rings. The molecule has 2 aromatic carbocycles. The Balaban J connectivity index is 1.18. The van der Waals surface area contributed by atoms with Crippen molar-refractivity contribution in [1.29, 1.82) is 0 Å². The number of nitrogens with zero attached hydrogens (tertiary/aromatic N) is 2. The van der Waals surface area contributed by atoms with E-state index in [9.17, 15) is 92.2 Å². The van der Waals surface area contributed by atoms with Gasteiger partial charge in [-0.3, -0.25) is 36.9 Å². The lowest BCUT2D eigenvalue weighted by atomic mass is 9.81. The minimum atomic E-state index is -5.21. The molecule has 25 nitrogen and oxygen atoms in total. The molecule has 0 spiro atoms. The Morgan fingerprint density at radius 1 is 0.470 bits per heavy atom. The highest BCUT2D eigenvalue weighted by Crippen LogP contribution is 2.41. The van der Waals surface area contributed by atoms with Gasteiger partial charge in [-0.1, -0.05) is 11.1 Å². The summed E-state index contributed by atoms with van der Waals surface area (Å²) >= 11 is 0. The first kappa shape index (κ1) is 49.7. The van der Waals surface area contributed by atoms with E-state index in [-0.39, 0.29) is 33.6 Å². The summed E-state index contributed by atoms with van der Waals surface area (Å²) in [7, 11) is -30.7. The maximum absolute atomic E-state index is 13.3. The Morgan fingerprint density at radius 2 is 0.788 bits per heavy atom. The molecule has 0 aliphatic heterocycles. The van der Waals surface area contributed by atoms with E-state index < -0.39 is 145 Å². The molecule has 8 N–H and O–H groups in total. The van der Waals surface area contributed by atoms with Crippen LogP contribution in [0.2, 0.25) is 0 Å². The van der Waals surface area contributed by atoms with Gasteiger partial charge in [0.2, 0.25) is 0 Å². The third-order valence-corrected chi connectivity index (χ3v) is 15.7. The molecule has 4 atom stereocenters. The number of carbonyl (C=O) groups is 3. The number of amides is 4. The lowest BCUT2D eigenvalue weighted by Gasteiger charge is -2.32. The third kappa shape index (κ3) is 11.3.